The summed E-state index contributed by atoms with van der Waals surface area (Å²) < 4.78 is 12.5. The van der Waals surface area contributed by atoms with Gasteiger partial charge < -0.3 is 14.8 Å². The van der Waals surface area contributed by atoms with E-state index in [2.05, 4.69) is 20.8 Å². The summed E-state index contributed by atoms with van der Waals surface area (Å²) in [5.74, 6) is 1.97. The normalized spacial score (nSPS) is 18.4. The average Bonchev–Trinajstić information content (AvgIpc) is 3.23. The number of nitrogens with one attached hydrogen (secondary N) is 1. The Kier molecular flexibility index (Phi) is 3.59. The fourth-order valence-electron chi connectivity index (χ4n) is 3.57. The molecule has 1 aromatic heterocycles. The molecule has 2 heterocycles. The Morgan fingerprint density at radius 2 is 2.00 bits per heavy atom. The number of fused-ring (bicyclic) bond motifs is 1. The molecule has 2 aliphatic rings. The molecule has 0 unspecified atom stereocenters. The molecular formula is C16H19N5O3. The molecule has 1 aromatic carbocycles. The molecule has 0 atom stereocenters. The highest BCUT2D eigenvalue weighted by Crippen LogP contribution is 2.38. The van der Waals surface area contributed by atoms with Crippen molar-refractivity contribution in [2.24, 2.45) is 0 Å². The lowest BCUT2D eigenvalue weighted by Crippen LogP contribution is -2.48. The van der Waals surface area contributed by atoms with Gasteiger partial charge >= 0.3 is 0 Å². The van der Waals surface area contributed by atoms with Crippen LogP contribution in [-0.2, 0) is 10.3 Å². The van der Waals surface area contributed by atoms with Crippen molar-refractivity contribution in [2.45, 2.75) is 44.6 Å². The summed E-state index contributed by atoms with van der Waals surface area (Å²) in [5, 5.41) is 15.4. The number of hydrogen-bond donors (Lipinski definition) is 1. The molecule has 1 amide bonds. The Bertz CT molecular complexity index is 767. The van der Waals surface area contributed by atoms with Crippen LogP contribution in [0.4, 0.5) is 0 Å². The maximum Gasteiger partial charge on any atom is 0.231 e. The van der Waals surface area contributed by atoms with E-state index in [1.807, 2.05) is 18.2 Å². The minimum absolute atomic E-state index is 0.0721. The zero-order valence-corrected chi connectivity index (χ0v) is 13.5. The lowest BCUT2D eigenvalue weighted by atomic mass is 9.80. The van der Waals surface area contributed by atoms with Crippen LogP contribution in [0.25, 0.3) is 5.69 Å². The maximum absolute atomic E-state index is 11.8. The second kappa shape index (κ2) is 5.77. The van der Waals surface area contributed by atoms with Crippen molar-refractivity contribution in [3.63, 3.8) is 0 Å². The van der Waals surface area contributed by atoms with Gasteiger partial charge in [0.2, 0.25) is 12.7 Å². The van der Waals surface area contributed by atoms with Crippen molar-refractivity contribution in [3.05, 3.63) is 24.0 Å². The summed E-state index contributed by atoms with van der Waals surface area (Å²) in [6.07, 6.45) is 4.89. The van der Waals surface area contributed by atoms with Gasteiger partial charge in [0.05, 0.1) is 5.69 Å². The van der Waals surface area contributed by atoms with Crippen LogP contribution in [0.5, 0.6) is 11.5 Å². The van der Waals surface area contributed by atoms with Crippen LogP contribution in [0.3, 0.4) is 0 Å². The number of rotatable bonds is 3. The predicted molar refractivity (Wildman–Crippen MR) is 83.9 cm³/mol. The van der Waals surface area contributed by atoms with E-state index in [1.165, 1.54) is 6.92 Å². The van der Waals surface area contributed by atoms with Gasteiger partial charge in [-0.3, -0.25) is 4.79 Å². The van der Waals surface area contributed by atoms with E-state index in [9.17, 15) is 4.79 Å². The first kappa shape index (κ1) is 14.9. The van der Waals surface area contributed by atoms with Crippen LogP contribution in [-0.4, -0.2) is 32.9 Å². The van der Waals surface area contributed by atoms with Crippen molar-refractivity contribution >= 4 is 5.91 Å². The van der Waals surface area contributed by atoms with Crippen LogP contribution in [0, 0.1) is 0 Å². The molecule has 126 valence electrons. The summed E-state index contributed by atoms with van der Waals surface area (Å²) in [6, 6.07) is 5.58. The SMILES string of the molecule is CC(=O)NC1(c2nnnn2-c2ccc3c(c2)OCO3)CCCCC1. The molecule has 8 heteroatoms. The quantitative estimate of drug-likeness (QED) is 0.921. The predicted octanol–water partition coefficient (Wildman–Crippen LogP) is 1.69. The molecule has 4 rings (SSSR count). The minimum Gasteiger partial charge on any atom is -0.454 e. The fourth-order valence-corrected chi connectivity index (χ4v) is 3.57. The molecule has 1 aliphatic carbocycles. The van der Waals surface area contributed by atoms with E-state index < -0.39 is 5.54 Å². The van der Waals surface area contributed by atoms with Gasteiger partial charge in [-0.25, -0.2) is 0 Å². The van der Waals surface area contributed by atoms with E-state index in [0.717, 1.165) is 37.8 Å². The summed E-state index contributed by atoms with van der Waals surface area (Å²) in [6.45, 7) is 1.75. The summed E-state index contributed by atoms with van der Waals surface area (Å²) in [7, 11) is 0. The Balaban J connectivity index is 1.76. The van der Waals surface area contributed by atoms with Crippen LogP contribution in [0.1, 0.15) is 44.9 Å². The van der Waals surface area contributed by atoms with E-state index in [0.29, 0.717) is 17.3 Å². The molecule has 0 spiro atoms. The van der Waals surface area contributed by atoms with Crippen molar-refractivity contribution in [3.8, 4) is 17.2 Å². The Morgan fingerprint density at radius 3 is 2.79 bits per heavy atom. The Labute approximate surface area is 139 Å². The lowest BCUT2D eigenvalue weighted by molar-refractivity contribution is -0.121. The molecule has 1 aliphatic heterocycles. The van der Waals surface area contributed by atoms with E-state index in [-0.39, 0.29) is 12.7 Å². The molecule has 0 bridgehead atoms. The number of amides is 1. The lowest BCUT2D eigenvalue weighted by Gasteiger charge is -2.36. The van der Waals surface area contributed by atoms with Gasteiger partial charge in [0.15, 0.2) is 17.3 Å². The Hall–Kier alpha value is -2.64. The number of carbonyl (C=O) groups is 1. The number of hydrogen-bond acceptors (Lipinski definition) is 6. The standard InChI is InChI=1S/C16H19N5O3/c1-11(22)17-16(7-3-2-4-8-16)15-18-19-20-21(15)12-5-6-13-14(9-12)24-10-23-13/h5-6,9H,2-4,7-8,10H2,1H3,(H,17,22). The van der Waals surface area contributed by atoms with Crippen LogP contribution in [0.2, 0.25) is 0 Å². The second-order valence-electron chi connectivity index (χ2n) is 6.28. The summed E-state index contributed by atoms with van der Waals surface area (Å²) in [5.41, 5.74) is 0.263. The highest BCUT2D eigenvalue weighted by atomic mass is 16.7. The number of carbonyl (C=O) groups excluding carboxylic acids is 1. The van der Waals surface area contributed by atoms with E-state index in [4.69, 9.17) is 9.47 Å². The number of aromatic nitrogens is 4. The molecule has 8 nitrogen and oxygen atoms in total. The number of tetrazole rings is 1. The van der Waals surface area contributed by atoms with Crippen LogP contribution in [0.15, 0.2) is 18.2 Å². The minimum atomic E-state index is -0.524. The van der Waals surface area contributed by atoms with Crippen molar-refractivity contribution < 1.29 is 14.3 Å². The Morgan fingerprint density at radius 1 is 1.21 bits per heavy atom. The van der Waals surface area contributed by atoms with Gasteiger partial charge in [-0.05, 0) is 35.4 Å². The zero-order chi connectivity index (χ0) is 16.6. The number of nitrogens with zero attached hydrogens (tertiary/aromatic N) is 4. The molecule has 1 N–H and O–H groups in total. The smallest absolute Gasteiger partial charge is 0.231 e. The highest BCUT2D eigenvalue weighted by Gasteiger charge is 2.40. The monoisotopic (exact) mass is 329 g/mol. The molecule has 0 radical (unpaired) electrons. The molecule has 2 aromatic rings. The van der Waals surface area contributed by atoms with Crippen molar-refractivity contribution in [1.29, 1.82) is 0 Å². The molecule has 1 saturated carbocycles. The first-order valence-corrected chi connectivity index (χ1v) is 8.16. The number of benzene rings is 1. The highest BCUT2D eigenvalue weighted by molar-refractivity contribution is 5.74. The zero-order valence-electron chi connectivity index (χ0n) is 13.5. The maximum atomic E-state index is 11.8. The fraction of sp³-hybridized carbons (Fsp3) is 0.500. The summed E-state index contributed by atoms with van der Waals surface area (Å²) >= 11 is 0. The molecule has 24 heavy (non-hydrogen) atoms. The third-order valence-corrected chi connectivity index (χ3v) is 4.62. The third kappa shape index (κ3) is 2.47. The molecule has 0 saturated heterocycles. The second-order valence-corrected chi connectivity index (χ2v) is 6.28. The van der Waals surface area contributed by atoms with E-state index >= 15 is 0 Å². The van der Waals surface area contributed by atoms with Gasteiger partial charge in [-0.15, -0.1) is 5.10 Å². The van der Waals surface area contributed by atoms with Crippen LogP contribution >= 0.6 is 0 Å². The largest absolute Gasteiger partial charge is 0.454 e. The average molecular weight is 329 g/mol. The van der Waals surface area contributed by atoms with Gasteiger partial charge in [0, 0.05) is 13.0 Å². The number of ether oxygens (including phenoxy) is 2. The topological polar surface area (TPSA) is 91.2 Å². The van der Waals surface area contributed by atoms with Gasteiger partial charge in [0.25, 0.3) is 0 Å². The first-order valence-electron chi connectivity index (χ1n) is 8.16. The van der Waals surface area contributed by atoms with Crippen molar-refractivity contribution in [1.82, 2.24) is 25.5 Å². The third-order valence-electron chi connectivity index (χ3n) is 4.62. The first-order chi connectivity index (χ1) is 11.7. The van der Waals surface area contributed by atoms with E-state index in [1.54, 1.807) is 4.68 Å². The summed E-state index contributed by atoms with van der Waals surface area (Å²) in [4.78, 5) is 11.8. The van der Waals surface area contributed by atoms with Crippen molar-refractivity contribution in [2.75, 3.05) is 6.79 Å². The molecule has 1 fully saturated rings. The van der Waals surface area contributed by atoms with Crippen LogP contribution < -0.4 is 14.8 Å². The molecular weight excluding hydrogens is 310 g/mol. The van der Waals surface area contributed by atoms with Gasteiger partial charge in [-0.2, -0.15) is 4.68 Å². The van der Waals surface area contributed by atoms with Gasteiger partial charge in [0.1, 0.15) is 5.54 Å². The van der Waals surface area contributed by atoms with Gasteiger partial charge in [-0.1, -0.05) is 19.3 Å².